The normalized spacial score (nSPS) is 14.2. The molecule has 0 aliphatic carbocycles. The third kappa shape index (κ3) is 4.79. The number of hydrogen-bond acceptors (Lipinski definition) is 4. The molecule has 0 unspecified atom stereocenters. The Morgan fingerprint density at radius 2 is 1.79 bits per heavy atom. The fourth-order valence-electron chi connectivity index (χ4n) is 3.48. The van der Waals surface area contributed by atoms with Gasteiger partial charge in [0.1, 0.15) is 11.4 Å². The summed E-state index contributed by atoms with van der Waals surface area (Å²) in [4.78, 5) is 35.0. The molecule has 1 saturated heterocycles. The highest BCUT2D eigenvalue weighted by molar-refractivity contribution is 7.14. The topological polar surface area (TPSA) is 53.5 Å². The quantitative estimate of drug-likeness (QED) is 0.725. The number of likely N-dealkylation sites (tertiary alicyclic amines) is 1. The third-order valence-electron chi connectivity index (χ3n) is 5.09. The number of thiazole rings is 1. The average molecular weight is 400 g/mol. The van der Waals surface area contributed by atoms with Crippen molar-refractivity contribution in [1.82, 2.24) is 9.88 Å². The van der Waals surface area contributed by atoms with Crippen LogP contribution in [0.3, 0.4) is 0 Å². The zero-order valence-electron chi connectivity index (χ0n) is 17.0. The smallest absolute Gasteiger partial charge is 0.270 e. The summed E-state index contributed by atoms with van der Waals surface area (Å²) >= 11 is 1.45. The molecule has 0 saturated carbocycles. The van der Waals surface area contributed by atoms with Gasteiger partial charge >= 0.3 is 0 Å². The van der Waals surface area contributed by atoms with Crippen LogP contribution in [0.5, 0.6) is 0 Å². The largest absolute Gasteiger partial charge is 0.341 e. The van der Waals surface area contributed by atoms with Gasteiger partial charge in [0.15, 0.2) is 0 Å². The Labute approximate surface area is 171 Å². The van der Waals surface area contributed by atoms with Crippen molar-refractivity contribution in [3.63, 3.8) is 0 Å². The van der Waals surface area contributed by atoms with Gasteiger partial charge in [0.2, 0.25) is 5.91 Å². The molecule has 1 aromatic heterocycles. The first-order chi connectivity index (χ1) is 13.5. The Morgan fingerprint density at radius 1 is 1.11 bits per heavy atom. The summed E-state index contributed by atoms with van der Waals surface area (Å²) in [6.07, 6.45) is 5.12. The van der Waals surface area contributed by atoms with E-state index < -0.39 is 0 Å². The van der Waals surface area contributed by atoms with Crippen molar-refractivity contribution in [2.75, 3.05) is 24.5 Å². The van der Waals surface area contributed by atoms with E-state index in [9.17, 15) is 9.59 Å². The highest BCUT2D eigenvalue weighted by Gasteiger charge is 2.27. The van der Waals surface area contributed by atoms with Crippen LogP contribution in [-0.4, -0.2) is 41.3 Å². The van der Waals surface area contributed by atoms with Crippen LogP contribution in [0, 0.1) is 13.8 Å². The zero-order valence-corrected chi connectivity index (χ0v) is 17.8. The fourth-order valence-corrected chi connectivity index (χ4v) is 4.59. The van der Waals surface area contributed by atoms with Crippen LogP contribution in [0.4, 0.5) is 5.69 Å². The lowest BCUT2D eigenvalue weighted by Crippen LogP contribution is -2.44. The van der Waals surface area contributed by atoms with Gasteiger partial charge in [-0.1, -0.05) is 24.6 Å². The van der Waals surface area contributed by atoms with E-state index in [0.717, 1.165) is 60.7 Å². The van der Waals surface area contributed by atoms with E-state index in [4.69, 9.17) is 0 Å². The van der Waals surface area contributed by atoms with Crippen molar-refractivity contribution < 1.29 is 9.59 Å². The van der Waals surface area contributed by atoms with Crippen molar-refractivity contribution >= 4 is 28.8 Å². The maximum Gasteiger partial charge on any atom is 0.270 e. The van der Waals surface area contributed by atoms with Crippen LogP contribution in [0.1, 0.15) is 58.5 Å². The minimum atomic E-state index is -0.133. The van der Waals surface area contributed by atoms with Crippen LogP contribution in [0.25, 0.3) is 0 Å². The summed E-state index contributed by atoms with van der Waals surface area (Å²) in [6, 6.07) is 7.78. The van der Waals surface area contributed by atoms with Crippen LogP contribution in [0.15, 0.2) is 24.3 Å². The van der Waals surface area contributed by atoms with Gasteiger partial charge in [-0.3, -0.25) is 14.5 Å². The molecule has 0 radical (unpaired) electrons. The second-order valence-electron chi connectivity index (χ2n) is 7.44. The third-order valence-corrected chi connectivity index (χ3v) is 6.30. The van der Waals surface area contributed by atoms with E-state index in [-0.39, 0.29) is 18.4 Å². The van der Waals surface area contributed by atoms with E-state index >= 15 is 0 Å². The Hall–Kier alpha value is -2.21. The maximum atomic E-state index is 13.4. The van der Waals surface area contributed by atoms with Gasteiger partial charge in [0.05, 0.1) is 10.7 Å². The highest BCUT2D eigenvalue weighted by atomic mass is 32.1. The summed E-state index contributed by atoms with van der Waals surface area (Å²) in [5.74, 6) is -0.115. The predicted molar refractivity (Wildman–Crippen MR) is 114 cm³/mol. The van der Waals surface area contributed by atoms with E-state index in [1.165, 1.54) is 17.8 Å². The molecule has 0 bridgehead atoms. The van der Waals surface area contributed by atoms with E-state index in [1.54, 1.807) is 4.90 Å². The first kappa shape index (κ1) is 20.5. The van der Waals surface area contributed by atoms with Crippen molar-refractivity contribution in [1.29, 1.82) is 0 Å². The Kier molecular flexibility index (Phi) is 6.83. The number of aryl methyl sites for hydroxylation is 3. The summed E-state index contributed by atoms with van der Waals surface area (Å²) in [6.45, 7) is 7.64. The van der Waals surface area contributed by atoms with E-state index in [2.05, 4.69) is 11.9 Å². The summed E-state index contributed by atoms with van der Waals surface area (Å²) in [5, 5.41) is 0.981. The summed E-state index contributed by atoms with van der Waals surface area (Å²) < 4.78 is 0. The molecule has 1 aliphatic heterocycles. The van der Waals surface area contributed by atoms with Gasteiger partial charge in [0, 0.05) is 18.8 Å². The Morgan fingerprint density at radius 3 is 2.43 bits per heavy atom. The molecule has 1 fully saturated rings. The molecule has 2 heterocycles. The summed E-state index contributed by atoms with van der Waals surface area (Å²) in [7, 11) is 0. The lowest BCUT2D eigenvalue weighted by atomic mass is 10.1. The molecule has 3 rings (SSSR count). The first-order valence-electron chi connectivity index (χ1n) is 10.1. The highest BCUT2D eigenvalue weighted by Crippen LogP contribution is 2.25. The maximum absolute atomic E-state index is 13.4. The standard InChI is InChI=1S/C22H29N3O2S/c1-4-8-19-23-17(3)21(28-19)22(27)25(18-11-9-16(2)10-12-18)15-20(26)24-13-6-5-7-14-24/h9-12H,4-8,13-15H2,1-3H3. The van der Waals surface area contributed by atoms with Gasteiger partial charge in [-0.05, 0) is 58.1 Å². The lowest BCUT2D eigenvalue weighted by Gasteiger charge is -2.30. The minimum absolute atomic E-state index is 0.0181. The Balaban J connectivity index is 1.88. The molecule has 28 heavy (non-hydrogen) atoms. The van der Waals surface area contributed by atoms with Crippen molar-refractivity contribution in [2.24, 2.45) is 0 Å². The number of anilines is 1. The number of carbonyl (C=O) groups excluding carboxylic acids is 2. The molecule has 1 aliphatic rings. The number of amides is 2. The molecule has 2 amide bonds. The molecule has 0 atom stereocenters. The number of piperidine rings is 1. The number of rotatable bonds is 6. The molecule has 0 N–H and O–H groups in total. The molecule has 0 spiro atoms. The SMILES string of the molecule is CCCc1nc(C)c(C(=O)N(CC(=O)N2CCCCC2)c2ccc(C)cc2)s1. The predicted octanol–water partition coefficient (Wildman–Crippen LogP) is 4.37. The van der Waals surface area contributed by atoms with Crippen LogP contribution >= 0.6 is 11.3 Å². The Bertz CT molecular complexity index is 823. The van der Waals surface area contributed by atoms with Gasteiger partial charge in [-0.25, -0.2) is 4.98 Å². The van der Waals surface area contributed by atoms with Crippen molar-refractivity contribution in [3.05, 3.63) is 45.4 Å². The number of carbonyl (C=O) groups is 2. The molecule has 150 valence electrons. The molecular weight excluding hydrogens is 370 g/mol. The van der Waals surface area contributed by atoms with Crippen molar-refractivity contribution in [2.45, 2.75) is 52.9 Å². The average Bonchev–Trinajstić information content (AvgIpc) is 3.07. The molecule has 2 aromatic rings. The van der Waals surface area contributed by atoms with Crippen LogP contribution < -0.4 is 4.90 Å². The summed E-state index contributed by atoms with van der Waals surface area (Å²) in [5.41, 5.74) is 2.63. The number of hydrogen-bond donors (Lipinski definition) is 0. The zero-order chi connectivity index (χ0) is 20.1. The monoisotopic (exact) mass is 399 g/mol. The molecular formula is C22H29N3O2S. The fraction of sp³-hybridized carbons (Fsp3) is 0.500. The van der Waals surface area contributed by atoms with Crippen LogP contribution in [-0.2, 0) is 11.2 Å². The second-order valence-corrected chi connectivity index (χ2v) is 8.52. The minimum Gasteiger partial charge on any atom is -0.341 e. The van der Waals surface area contributed by atoms with Gasteiger partial charge in [0.25, 0.3) is 5.91 Å². The van der Waals surface area contributed by atoms with Crippen molar-refractivity contribution in [3.8, 4) is 0 Å². The molecule has 1 aromatic carbocycles. The molecule has 5 nitrogen and oxygen atoms in total. The lowest BCUT2D eigenvalue weighted by molar-refractivity contribution is -0.130. The van der Waals surface area contributed by atoms with Gasteiger partial charge in [-0.2, -0.15) is 0 Å². The second kappa shape index (κ2) is 9.32. The van der Waals surface area contributed by atoms with Gasteiger partial charge in [-0.15, -0.1) is 11.3 Å². The molecule has 6 heteroatoms. The van der Waals surface area contributed by atoms with E-state index in [1.807, 2.05) is 43.0 Å². The number of nitrogens with zero attached hydrogens (tertiary/aromatic N) is 3. The first-order valence-corrected chi connectivity index (χ1v) is 10.9. The van der Waals surface area contributed by atoms with E-state index in [0.29, 0.717) is 4.88 Å². The number of aromatic nitrogens is 1. The number of benzene rings is 1. The van der Waals surface area contributed by atoms with Crippen LogP contribution in [0.2, 0.25) is 0 Å². The van der Waals surface area contributed by atoms with Gasteiger partial charge < -0.3 is 4.90 Å².